The fourth-order valence-corrected chi connectivity index (χ4v) is 6.78. The van der Waals surface area contributed by atoms with Crippen LogP contribution in [0, 0.1) is 5.92 Å². The Kier molecular flexibility index (Phi) is 7.16. The number of hydrogen-bond donors (Lipinski definition) is 1. The van der Waals surface area contributed by atoms with Gasteiger partial charge < -0.3 is 15.1 Å². The summed E-state index contributed by atoms with van der Waals surface area (Å²) in [6.45, 7) is 3.58. The molecule has 1 aromatic carbocycles. The second kappa shape index (κ2) is 10.6. The molecule has 1 N–H and O–H groups in total. The fraction of sp³-hybridized carbons (Fsp3) is 0.621. The van der Waals surface area contributed by atoms with E-state index in [2.05, 4.69) is 10.4 Å². The molecule has 4 heterocycles. The number of halogens is 3. The van der Waals surface area contributed by atoms with Crippen LogP contribution in [-0.2, 0) is 11.0 Å². The van der Waals surface area contributed by atoms with Crippen LogP contribution < -0.4 is 5.32 Å². The van der Waals surface area contributed by atoms with Crippen molar-refractivity contribution in [2.75, 3.05) is 32.7 Å². The van der Waals surface area contributed by atoms with E-state index < -0.39 is 17.8 Å². The summed E-state index contributed by atoms with van der Waals surface area (Å²) in [5.74, 6) is 0.396. The van der Waals surface area contributed by atoms with Crippen molar-refractivity contribution < 1.29 is 22.8 Å². The lowest BCUT2D eigenvalue weighted by atomic mass is 9.94. The zero-order valence-corrected chi connectivity index (χ0v) is 22.1. The molecule has 3 aliphatic heterocycles. The first kappa shape index (κ1) is 26.3. The summed E-state index contributed by atoms with van der Waals surface area (Å²) in [4.78, 5) is 30.5. The minimum absolute atomic E-state index is 0.106. The van der Waals surface area contributed by atoms with Crippen LogP contribution in [0.2, 0.25) is 0 Å². The third-order valence-electron chi connectivity index (χ3n) is 8.98. The number of piperidine rings is 2. The van der Waals surface area contributed by atoms with Crippen LogP contribution in [0.3, 0.4) is 0 Å². The van der Waals surface area contributed by atoms with Gasteiger partial charge in [0.05, 0.1) is 35.1 Å². The van der Waals surface area contributed by atoms with E-state index in [1.165, 1.54) is 12.1 Å². The Morgan fingerprint density at radius 3 is 2.33 bits per heavy atom. The summed E-state index contributed by atoms with van der Waals surface area (Å²) < 4.78 is 43.3. The zero-order valence-electron chi connectivity index (χ0n) is 22.1. The molecular formula is C29H36F3N5O2. The number of hydrogen-bond acceptors (Lipinski definition) is 4. The van der Waals surface area contributed by atoms with Crippen LogP contribution in [-0.4, -0.2) is 64.1 Å². The summed E-state index contributed by atoms with van der Waals surface area (Å²) in [7, 11) is 0. The molecule has 4 fully saturated rings. The molecule has 0 radical (unpaired) electrons. The molecule has 0 spiro atoms. The van der Waals surface area contributed by atoms with E-state index >= 15 is 0 Å². The monoisotopic (exact) mass is 543 g/mol. The highest BCUT2D eigenvalue weighted by molar-refractivity contribution is 5.96. The summed E-state index contributed by atoms with van der Waals surface area (Å²) in [6, 6.07) is 5.12. The maximum Gasteiger partial charge on any atom is 0.416 e. The van der Waals surface area contributed by atoms with Crippen molar-refractivity contribution in [2.45, 2.75) is 75.5 Å². The minimum Gasteiger partial charge on any atom is -0.342 e. The first-order chi connectivity index (χ1) is 18.8. The molecule has 1 aliphatic carbocycles. The summed E-state index contributed by atoms with van der Waals surface area (Å²) in [5.41, 5.74) is 0.959. The van der Waals surface area contributed by atoms with Gasteiger partial charge in [-0.1, -0.05) is 18.2 Å². The van der Waals surface area contributed by atoms with Gasteiger partial charge in [0.15, 0.2) is 0 Å². The predicted molar refractivity (Wildman–Crippen MR) is 139 cm³/mol. The average Bonchev–Trinajstić information content (AvgIpc) is 3.50. The van der Waals surface area contributed by atoms with Crippen molar-refractivity contribution in [1.29, 1.82) is 0 Å². The number of alkyl halides is 3. The molecule has 1 saturated carbocycles. The second-order valence-corrected chi connectivity index (χ2v) is 11.5. The second-order valence-electron chi connectivity index (χ2n) is 11.5. The Bertz CT molecular complexity index is 1210. The third-order valence-corrected chi connectivity index (χ3v) is 8.98. The first-order valence-corrected chi connectivity index (χ1v) is 14.4. The zero-order chi connectivity index (χ0) is 27.1. The van der Waals surface area contributed by atoms with E-state index in [1.807, 2.05) is 9.58 Å². The highest BCUT2D eigenvalue weighted by Gasteiger charge is 2.42. The molecule has 10 heteroatoms. The van der Waals surface area contributed by atoms with Crippen LogP contribution in [0.4, 0.5) is 13.2 Å². The Morgan fingerprint density at radius 2 is 1.64 bits per heavy atom. The van der Waals surface area contributed by atoms with Crippen LogP contribution in [0.15, 0.2) is 30.5 Å². The molecule has 2 aromatic rings. The van der Waals surface area contributed by atoms with Crippen molar-refractivity contribution in [3.05, 3.63) is 52.8 Å². The number of rotatable bonds is 5. The van der Waals surface area contributed by atoms with Crippen LogP contribution in [0.5, 0.6) is 0 Å². The lowest BCUT2D eigenvalue weighted by Gasteiger charge is -2.36. The molecule has 0 bridgehead atoms. The van der Waals surface area contributed by atoms with Crippen LogP contribution in [0.1, 0.15) is 96.5 Å². The van der Waals surface area contributed by atoms with Crippen molar-refractivity contribution >= 4 is 11.8 Å². The summed E-state index contributed by atoms with van der Waals surface area (Å²) >= 11 is 0. The van der Waals surface area contributed by atoms with Gasteiger partial charge in [-0.25, -0.2) is 0 Å². The van der Waals surface area contributed by atoms with Gasteiger partial charge in [-0.05, 0) is 76.1 Å². The van der Waals surface area contributed by atoms with Crippen molar-refractivity contribution in [1.82, 2.24) is 24.9 Å². The van der Waals surface area contributed by atoms with E-state index in [0.29, 0.717) is 38.0 Å². The van der Waals surface area contributed by atoms with Crippen molar-refractivity contribution in [2.24, 2.45) is 5.92 Å². The van der Waals surface area contributed by atoms with Gasteiger partial charge in [0.2, 0.25) is 5.91 Å². The van der Waals surface area contributed by atoms with Gasteiger partial charge in [0.1, 0.15) is 0 Å². The summed E-state index contributed by atoms with van der Waals surface area (Å²) in [5, 5.41) is 8.00. The van der Waals surface area contributed by atoms with E-state index in [1.54, 1.807) is 17.2 Å². The van der Waals surface area contributed by atoms with E-state index in [4.69, 9.17) is 0 Å². The van der Waals surface area contributed by atoms with Gasteiger partial charge in [-0.15, -0.1) is 0 Å². The molecule has 3 saturated heterocycles. The maximum absolute atomic E-state index is 13.9. The Hall–Kier alpha value is -2.88. The molecule has 6 rings (SSSR count). The highest BCUT2D eigenvalue weighted by Crippen LogP contribution is 2.45. The molecule has 2 amide bonds. The number of likely N-dealkylation sites (tertiary alicyclic amines) is 2. The van der Waals surface area contributed by atoms with Crippen LogP contribution >= 0.6 is 0 Å². The topological polar surface area (TPSA) is 70.5 Å². The average molecular weight is 544 g/mol. The van der Waals surface area contributed by atoms with E-state index in [-0.39, 0.29) is 35.3 Å². The number of aromatic nitrogens is 2. The SMILES string of the molecule is O=C(C1CCNCC1)N1CCC(n2ncc(C(=O)N3CCCC3c3ccccc3C(F)(F)F)c2C2CC2)CC1. The predicted octanol–water partition coefficient (Wildman–Crippen LogP) is 4.92. The standard InChI is InChI=1S/C29H36F3N5O2/c30-29(31,32)24-5-2-1-4-22(24)25-6-3-15-36(25)28(39)23-18-34-37(26(23)19-7-8-19)21-11-16-35(17-12-21)27(38)20-9-13-33-14-10-20/h1-2,4-5,18-21,25,33H,3,6-17H2. The molecule has 1 atom stereocenters. The van der Waals surface area contributed by atoms with Gasteiger partial charge in [0, 0.05) is 31.5 Å². The van der Waals surface area contributed by atoms with Gasteiger partial charge in [-0.3, -0.25) is 14.3 Å². The number of nitrogens with one attached hydrogen (secondary N) is 1. The molecule has 1 unspecified atom stereocenters. The normalized spacial score (nSPS) is 23.4. The number of amides is 2. The van der Waals surface area contributed by atoms with Crippen LogP contribution in [0.25, 0.3) is 0 Å². The van der Waals surface area contributed by atoms with E-state index in [0.717, 1.165) is 63.4 Å². The minimum atomic E-state index is -4.47. The van der Waals surface area contributed by atoms with Gasteiger partial charge in [-0.2, -0.15) is 18.3 Å². The smallest absolute Gasteiger partial charge is 0.342 e. The Balaban J connectivity index is 1.20. The molecular weight excluding hydrogens is 507 g/mol. The molecule has 39 heavy (non-hydrogen) atoms. The molecule has 1 aromatic heterocycles. The van der Waals surface area contributed by atoms with Gasteiger partial charge in [0.25, 0.3) is 5.91 Å². The summed E-state index contributed by atoms with van der Waals surface area (Å²) in [6.07, 6.45) is 3.66. The quantitative estimate of drug-likeness (QED) is 0.581. The van der Waals surface area contributed by atoms with Crippen molar-refractivity contribution in [3.63, 3.8) is 0 Å². The van der Waals surface area contributed by atoms with Gasteiger partial charge >= 0.3 is 6.18 Å². The highest BCUT2D eigenvalue weighted by atomic mass is 19.4. The lowest BCUT2D eigenvalue weighted by Crippen LogP contribution is -2.45. The molecule has 7 nitrogen and oxygen atoms in total. The van der Waals surface area contributed by atoms with Crippen molar-refractivity contribution in [3.8, 4) is 0 Å². The third kappa shape index (κ3) is 5.19. The molecule has 210 valence electrons. The Labute approximate surface area is 226 Å². The molecule has 4 aliphatic rings. The first-order valence-electron chi connectivity index (χ1n) is 14.4. The maximum atomic E-state index is 13.9. The largest absolute Gasteiger partial charge is 0.416 e. The number of nitrogens with zero attached hydrogens (tertiary/aromatic N) is 4. The lowest BCUT2D eigenvalue weighted by molar-refractivity contribution is -0.139. The number of carbonyl (C=O) groups is 2. The fourth-order valence-electron chi connectivity index (χ4n) is 6.78. The Morgan fingerprint density at radius 1 is 0.923 bits per heavy atom. The van der Waals surface area contributed by atoms with E-state index in [9.17, 15) is 22.8 Å². The number of benzene rings is 1. The number of carbonyl (C=O) groups excluding carboxylic acids is 2.